The highest BCUT2D eigenvalue weighted by Crippen LogP contribution is 2.31. The Morgan fingerprint density at radius 2 is 1.73 bits per heavy atom. The molecule has 1 heterocycles. The molecular formula is C20H17F3N2O4S. The van der Waals surface area contributed by atoms with Gasteiger partial charge in [0.1, 0.15) is 5.76 Å². The number of furan rings is 1. The van der Waals surface area contributed by atoms with Crippen molar-refractivity contribution < 1.29 is 30.8 Å². The van der Waals surface area contributed by atoms with Crippen LogP contribution in [0.3, 0.4) is 0 Å². The fraction of sp³-hybridized carbons (Fsp3) is 0.150. The molecule has 0 unspecified atom stereocenters. The summed E-state index contributed by atoms with van der Waals surface area (Å²) in [5, 5.41) is 2.64. The van der Waals surface area contributed by atoms with E-state index >= 15 is 0 Å². The van der Waals surface area contributed by atoms with Crippen LogP contribution in [-0.2, 0) is 16.2 Å². The first-order chi connectivity index (χ1) is 14.0. The summed E-state index contributed by atoms with van der Waals surface area (Å²) in [5.74, 6) is 0.0204. The van der Waals surface area contributed by atoms with Gasteiger partial charge in [-0.3, -0.25) is 9.52 Å². The summed E-state index contributed by atoms with van der Waals surface area (Å²) >= 11 is 0. The average molecular weight is 438 g/mol. The first-order valence-corrected chi connectivity index (χ1v) is 10.1. The molecule has 0 aliphatic heterocycles. The van der Waals surface area contributed by atoms with Gasteiger partial charge in [0.2, 0.25) is 0 Å². The molecule has 30 heavy (non-hydrogen) atoms. The summed E-state index contributed by atoms with van der Waals surface area (Å²) in [7, 11) is -4.15. The van der Waals surface area contributed by atoms with Gasteiger partial charge in [0.25, 0.3) is 15.9 Å². The predicted molar refractivity (Wildman–Crippen MR) is 105 cm³/mol. The monoisotopic (exact) mass is 438 g/mol. The third-order valence-electron chi connectivity index (χ3n) is 4.27. The smallest absolute Gasteiger partial charge is 0.416 e. The third kappa shape index (κ3) is 4.65. The minimum atomic E-state index is -4.59. The molecule has 3 rings (SSSR count). The van der Waals surface area contributed by atoms with Gasteiger partial charge in [0, 0.05) is 11.4 Å². The third-order valence-corrected chi connectivity index (χ3v) is 5.81. The minimum Gasteiger partial charge on any atom is -0.469 e. The molecule has 0 aliphatic rings. The average Bonchev–Trinajstić information content (AvgIpc) is 3.07. The van der Waals surface area contributed by atoms with E-state index in [2.05, 4.69) is 10.0 Å². The largest absolute Gasteiger partial charge is 0.469 e. The molecule has 158 valence electrons. The number of amides is 1. The number of hydrogen-bond acceptors (Lipinski definition) is 4. The number of anilines is 2. The van der Waals surface area contributed by atoms with Crippen molar-refractivity contribution in [3.05, 3.63) is 77.2 Å². The molecule has 0 aliphatic carbocycles. The Labute approximate surface area is 170 Å². The van der Waals surface area contributed by atoms with Crippen molar-refractivity contribution >= 4 is 27.3 Å². The highest BCUT2D eigenvalue weighted by molar-refractivity contribution is 7.92. The number of rotatable bonds is 5. The van der Waals surface area contributed by atoms with E-state index in [0.29, 0.717) is 28.6 Å². The number of nitrogens with one attached hydrogen (secondary N) is 2. The highest BCUT2D eigenvalue weighted by atomic mass is 32.2. The summed E-state index contributed by atoms with van der Waals surface area (Å²) in [4.78, 5) is 12.1. The molecule has 3 aromatic rings. The lowest BCUT2D eigenvalue weighted by atomic mass is 10.2. The molecule has 10 heteroatoms. The lowest BCUT2D eigenvalue weighted by Crippen LogP contribution is -2.16. The first-order valence-electron chi connectivity index (χ1n) is 8.63. The van der Waals surface area contributed by atoms with Crippen LogP contribution in [0.15, 0.2) is 64.1 Å². The molecule has 0 bridgehead atoms. The standard InChI is InChI=1S/C20H17F3N2O4S/c1-12-10-15(24-19(26)17-8-9-29-13(17)2)6-7-18(12)30(27,28)25-16-5-3-4-14(11-16)20(21,22)23/h3-11,25H,1-2H3,(H,24,26). The SMILES string of the molecule is Cc1cc(NC(=O)c2ccoc2C)ccc1S(=O)(=O)Nc1cccc(C(F)(F)F)c1. The predicted octanol–water partition coefficient (Wildman–Crippen LogP) is 4.97. The lowest BCUT2D eigenvalue weighted by molar-refractivity contribution is -0.137. The zero-order chi connectivity index (χ0) is 22.1. The van der Waals surface area contributed by atoms with Crippen molar-refractivity contribution in [2.45, 2.75) is 24.9 Å². The molecule has 0 radical (unpaired) electrons. The summed E-state index contributed by atoms with van der Waals surface area (Å²) < 4.78 is 71.1. The molecular weight excluding hydrogens is 421 g/mol. The van der Waals surface area contributed by atoms with Crippen molar-refractivity contribution in [3.63, 3.8) is 0 Å². The number of benzene rings is 2. The zero-order valence-electron chi connectivity index (χ0n) is 15.9. The lowest BCUT2D eigenvalue weighted by Gasteiger charge is -2.13. The van der Waals surface area contributed by atoms with Gasteiger partial charge < -0.3 is 9.73 Å². The summed E-state index contributed by atoms with van der Waals surface area (Å²) in [5.41, 5.74) is -0.174. The van der Waals surface area contributed by atoms with Crippen molar-refractivity contribution in [1.82, 2.24) is 0 Å². The van der Waals surface area contributed by atoms with Gasteiger partial charge >= 0.3 is 6.18 Å². The van der Waals surface area contributed by atoms with Crippen molar-refractivity contribution in [3.8, 4) is 0 Å². The number of aryl methyl sites for hydroxylation is 2. The molecule has 6 nitrogen and oxygen atoms in total. The van der Waals surface area contributed by atoms with Crippen molar-refractivity contribution in [2.75, 3.05) is 10.0 Å². The second-order valence-electron chi connectivity index (χ2n) is 6.51. The van der Waals surface area contributed by atoms with E-state index < -0.39 is 27.7 Å². The van der Waals surface area contributed by atoms with Crippen LogP contribution in [-0.4, -0.2) is 14.3 Å². The molecule has 0 spiro atoms. The summed E-state index contributed by atoms with van der Waals surface area (Å²) in [6, 6.07) is 9.53. The maximum absolute atomic E-state index is 12.8. The van der Waals surface area contributed by atoms with Gasteiger partial charge in [0.15, 0.2) is 0 Å². The second-order valence-corrected chi connectivity index (χ2v) is 8.16. The topological polar surface area (TPSA) is 88.4 Å². The van der Waals surface area contributed by atoms with E-state index in [0.717, 1.165) is 12.1 Å². The van der Waals surface area contributed by atoms with Gasteiger partial charge in [-0.1, -0.05) is 6.07 Å². The van der Waals surface area contributed by atoms with Crippen molar-refractivity contribution in [1.29, 1.82) is 0 Å². The quantitative estimate of drug-likeness (QED) is 0.589. The van der Waals surface area contributed by atoms with E-state index in [1.807, 2.05) is 0 Å². The van der Waals surface area contributed by atoms with Gasteiger partial charge in [-0.05, 0) is 61.9 Å². The van der Waals surface area contributed by atoms with Crippen LogP contribution in [0, 0.1) is 13.8 Å². The number of alkyl halides is 3. The van der Waals surface area contributed by atoms with E-state index in [4.69, 9.17) is 4.42 Å². The van der Waals surface area contributed by atoms with Crippen LogP contribution in [0.25, 0.3) is 0 Å². The Kier molecular flexibility index (Phi) is 5.62. The second kappa shape index (κ2) is 7.86. The normalized spacial score (nSPS) is 11.9. The van der Waals surface area contributed by atoms with Crippen LogP contribution in [0.4, 0.5) is 24.5 Å². The molecule has 2 aromatic carbocycles. The van der Waals surface area contributed by atoms with E-state index in [-0.39, 0.29) is 10.6 Å². The molecule has 0 saturated heterocycles. The fourth-order valence-electron chi connectivity index (χ4n) is 2.82. The minimum absolute atomic E-state index is 0.127. The number of halogens is 3. The van der Waals surface area contributed by atoms with E-state index in [9.17, 15) is 26.4 Å². The van der Waals surface area contributed by atoms with Crippen LogP contribution in [0.5, 0.6) is 0 Å². The van der Waals surface area contributed by atoms with Crippen molar-refractivity contribution in [2.24, 2.45) is 0 Å². The maximum atomic E-state index is 12.8. The number of carbonyl (C=O) groups excluding carboxylic acids is 1. The Hall–Kier alpha value is -3.27. The summed E-state index contributed by atoms with van der Waals surface area (Å²) in [6.45, 7) is 3.15. The Balaban J connectivity index is 1.82. The van der Waals surface area contributed by atoms with Gasteiger partial charge in [-0.15, -0.1) is 0 Å². The Morgan fingerprint density at radius 3 is 2.33 bits per heavy atom. The molecule has 0 saturated carbocycles. The number of hydrogen-bond donors (Lipinski definition) is 2. The molecule has 1 aromatic heterocycles. The first kappa shape index (κ1) is 21.4. The van der Waals surface area contributed by atoms with Crippen LogP contribution in [0.2, 0.25) is 0 Å². The Morgan fingerprint density at radius 1 is 1.00 bits per heavy atom. The number of carbonyl (C=O) groups is 1. The molecule has 0 fully saturated rings. The number of sulfonamides is 1. The highest BCUT2D eigenvalue weighted by Gasteiger charge is 2.31. The van der Waals surface area contributed by atoms with Crippen LogP contribution in [0.1, 0.15) is 27.2 Å². The molecule has 2 N–H and O–H groups in total. The fourth-order valence-corrected chi connectivity index (χ4v) is 4.09. The van der Waals surface area contributed by atoms with Gasteiger partial charge in [0.05, 0.1) is 22.3 Å². The molecule has 1 amide bonds. The Bertz CT molecular complexity index is 1200. The van der Waals surface area contributed by atoms with E-state index in [1.165, 1.54) is 43.5 Å². The van der Waals surface area contributed by atoms with Crippen LogP contribution >= 0.6 is 0 Å². The summed E-state index contributed by atoms with van der Waals surface area (Å²) in [6.07, 6.45) is -3.21. The van der Waals surface area contributed by atoms with Gasteiger partial charge in [-0.2, -0.15) is 13.2 Å². The van der Waals surface area contributed by atoms with Gasteiger partial charge in [-0.25, -0.2) is 8.42 Å². The van der Waals surface area contributed by atoms with Crippen LogP contribution < -0.4 is 10.0 Å². The van der Waals surface area contributed by atoms with E-state index in [1.54, 1.807) is 6.92 Å². The maximum Gasteiger partial charge on any atom is 0.416 e. The zero-order valence-corrected chi connectivity index (χ0v) is 16.7. The molecule has 0 atom stereocenters.